The van der Waals surface area contributed by atoms with Crippen molar-refractivity contribution in [2.24, 2.45) is 0 Å². The summed E-state index contributed by atoms with van der Waals surface area (Å²) in [6, 6.07) is 9.87. The number of hydrogen-bond acceptors (Lipinski definition) is 4. The highest BCUT2D eigenvalue weighted by Gasteiger charge is 2.23. The molecule has 2 aromatic rings. The lowest BCUT2D eigenvalue weighted by Crippen LogP contribution is -2.39. The largest absolute Gasteiger partial charge is 0.376 e. The van der Waals surface area contributed by atoms with E-state index in [1.807, 2.05) is 35.7 Å². The molecule has 1 saturated heterocycles. The third-order valence-electron chi connectivity index (χ3n) is 3.60. The van der Waals surface area contributed by atoms with E-state index in [9.17, 15) is 4.79 Å². The number of ether oxygens (including phenoxy) is 1. The van der Waals surface area contributed by atoms with Crippen molar-refractivity contribution in [3.05, 3.63) is 47.5 Å². The van der Waals surface area contributed by atoms with Crippen LogP contribution in [-0.2, 0) is 11.3 Å². The Bertz CT molecular complexity index is 583. The van der Waals surface area contributed by atoms with E-state index < -0.39 is 0 Å². The van der Waals surface area contributed by atoms with E-state index in [0.29, 0.717) is 18.2 Å². The molecule has 1 atom stereocenters. The first-order chi connectivity index (χ1) is 10.8. The van der Waals surface area contributed by atoms with E-state index in [2.05, 4.69) is 10.3 Å². The number of nitrogens with zero attached hydrogens (tertiary/aromatic N) is 2. The zero-order valence-corrected chi connectivity index (χ0v) is 13.1. The summed E-state index contributed by atoms with van der Waals surface area (Å²) in [6.07, 6.45) is 3.89. The Kier molecular flexibility index (Phi) is 5.03. The molecule has 1 N–H and O–H groups in total. The zero-order valence-electron chi connectivity index (χ0n) is 12.3. The first kappa shape index (κ1) is 15.0. The summed E-state index contributed by atoms with van der Waals surface area (Å²) in [5.41, 5.74) is 1.11. The van der Waals surface area contributed by atoms with E-state index in [4.69, 9.17) is 4.74 Å². The second-order valence-electron chi connectivity index (χ2n) is 5.27. The van der Waals surface area contributed by atoms with Crippen LogP contribution in [0.3, 0.4) is 0 Å². The number of nitrogens with one attached hydrogen (secondary N) is 1. The number of carbonyl (C=O) groups excluding carboxylic acids is 1. The zero-order chi connectivity index (χ0) is 15.2. The van der Waals surface area contributed by atoms with Crippen molar-refractivity contribution in [3.8, 4) is 0 Å². The molecule has 0 bridgehead atoms. The minimum atomic E-state index is -0.130. The molecule has 6 heteroatoms. The number of anilines is 1. The van der Waals surface area contributed by atoms with Crippen molar-refractivity contribution in [2.75, 3.05) is 18.5 Å². The molecule has 0 radical (unpaired) electrons. The first-order valence-electron chi connectivity index (χ1n) is 7.42. The number of benzene rings is 1. The fourth-order valence-electron chi connectivity index (χ4n) is 2.51. The van der Waals surface area contributed by atoms with Crippen LogP contribution in [0.2, 0.25) is 0 Å². The molecule has 0 aliphatic carbocycles. The quantitative estimate of drug-likeness (QED) is 0.920. The molecule has 1 aliphatic heterocycles. The highest BCUT2D eigenvalue weighted by atomic mass is 32.1. The molecule has 5 nitrogen and oxygen atoms in total. The van der Waals surface area contributed by atoms with Crippen LogP contribution < -0.4 is 5.32 Å². The summed E-state index contributed by atoms with van der Waals surface area (Å²) >= 11 is 1.42. The van der Waals surface area contributed by atoms with Crippen LogP contribution >= 0.6 is 11.3 Å². The number of urea groups is 1. The molecule has 1 fully saturated rings. The number of thiazole rings is 1. The second-order valence-corrected chi connectivity index (χ2v) is 6.16. The average Bonchev–Trinajstić information content (AvgIpc) is 3.21. The molecule has 1 aromatic carbocycles. The third-order valence-corrected chi connectivity index (χ3v) is 4.29. The van der Waals surface area contributed by atoms with E-state index >= 15 is 0 Å². The summed E-state index contributed by atoms with van der Waals surface area (Å²) < 4.78 is 5.67. The number of amides is 2. The Balaban J connectivity index is 1.68. The molecule has 22 heavy (non-hydrogen) atoms. The lowest BCUT2D eigenvalue weighted by atomic mass is 10.2. The van der Waals surface area contributed by atoms with Gasteiger partial charge in [-0.25, -0.2) is 9.78 Å². The smallest absolute Gasteiger partial charge is 0.324 e. The van der Waals surface area contributed by atoms with Gasteiger partial charge in [0.15, 0.2) is 5.13 Å². The van der Waals surface area contributed by atoms with Crippen LogP contribution in [0, 0.1) is 0 Å². The SMILES string of the molecule is O=C(Nc1nccs1)N(Cc1ccccc1)C[C@H]1CCCO1. The van der Waals surface area contributed by atoms with Gasteiger partial charge in [0, 0.05) is 31.3 Å². The molecule has 0 unspecified atom stereocenters. The van der Waals surface area contributed by atoms with E-state index in [1.165, 1.54) is 11.3 Å². The standard InChI is InChI=1S/C16H19N3O2S/c20-16(18-15-17-8-10-22-15)19(12-14-7-4-9-21-14)11-13-5-2-1-3-6-13/h1-3,5-6,8,10,14H,4,7,9,11-12H2,(H,17,18,20)/t14-/m1/s1. The Morgan fingerprint density at radius 2 is 2.27 bits per heavy atom. The molecular formula is C16H19N3O2S. The number of hydrogen-bond donors (Lipinski definition) is 1. The van der Waals surface area contributed by atoms with Crippen LogP contribution in [0.15, 0.2) is 41.9 Å². The first-order valence-corrected chi connectivity index (χ1v) is 8.30. The maximum atomic E-state index is 12.5. The highest BCUT2D eigenvalue weighted by Crippen LogP contribution is 2.17. The molecule has 2 amide bonds. The topological polar surface area (TPSA) is 54.5 Å². The van der Waals surface area contributed by atoms with Gasteiger partial charge in [0.25, 0.3) is 0 Å². The summed E-state index contributed by atoms with van der Waals surface area (Å²) in [5.74, 6) is 0. The van der Waals surface area contributed by atoms with Gasteiger partial charge in [0.2, 0.25) is 0 Å². The molecule has 2 heterocycles. The molecule has 0 saturated carbocycles. The lowest BCUT2D eigenvalue weighted by Gasteiger charge is -2.25. The summed E-state index contributed by atoms with van der Waals surface area (Å²) in [6.45, 7) is 1.96. The van der Waals surface area contributed by atoms with E-state index in [-0.39, 0.29) is 12.1 Å². The Morgan fingerprint density at radius 3 is 2.95 bits per heavy atom. The molecule has 1 aliphatic rings. The Hall–Kier alpha value is -1.92. The average molecular weight is 317 g/mol. The van der Waals surface area contributed by atoms with Crippen molar-refractivity contribution in [2.45, 2.75) is 25.5 Å². The maximum absolute atomic E-state index is 12.5. The number of carbonyl (C=O) groups is 1. The van der Waals surface area contributed by atoms with Crippen molar-refractivity contribution in [1.29, 1.82) is 0 Å². The minimum absolute atomic E-state index is 0.130. The van der Waals surface area contributed by atoms with Crippen LogP contribution in [-0.4, -0.2) is 35.2 Å². The van der Waals surface area contributed by atoms with Crippen LogP contribution in [0.4, 0.5) is 9.93 Å². The van der Waals surface area contributed by atoms with Gasteiger partial charge >= 0.3 is 6.03 Å². The molecule has 0 spiro atoms. The van der Waals surface area contributed by atoms with Crippen molar-refractivity contribution in [1.82, 2.24) is 9.88 Å². The summed E-state index contributed by atoms with van der Waals surface area (Å²) in [7, 11) is 0. The predicted molar refractivity (Wildman–Crippen MR) is 87.0 cm³/mol. The van der Waals surface area contributed by atoms with Gasteiger partial charge < -0.3 is 9.64 Å². The van der Waals surface area contributed by atoms with Gasteiger partial charge in [0.05, 0.1) is 6.10 Å². The molecule has 1 aromatic heterocycles. The molecule has 3 rings (SSSR count). The number of aromatic nitrogens is 1. The number of rotatable bonds is 5. The monoisotopic (exact) mass is 317 g/mol. The molecular weight excluding hydrogens is 298 g/mol. The van der Waals surface area contributed by atoms with Crippen LogP contribution in [0.1, 0.15) is 18.4 Å². The summed E-state index contributed by atoms with van der Waals surface area (Å²) in [4.78, 5) is 18.4. The minimum Gasteiger partial charge on any atom is -0.376 e. The fraction of sp³-hybridized carbons (Fsp3) is 0.375. The lowest BCUT2D eigenvalue weighted by molar-refractivity contribution is 0.0819. The van der Waals surface area contributed by atoms with Gasteiger partial charge in [-0.15, -0.1) is 11.3 Å². The van der Waals surface area contributed by atoms with Gasteiger partial charge in [0.1, 0.15) is 0 Å². The van der Waals surface area contributed by atoms with Crippen LogP contribution in [0.5, 0.6) is 0 Å². The van der Waals surface area contributed by atoms with E-state index in [1.54, 1.807) is 11.1 Å². The third kappa shape index (κ3) is 4.05. The maximum Gasteiger partial charge on any atom is 0.324 e. The van der Waals surface area contributed by atoms with Crippen molar-refractivity contribution in [3.63, 3.8) is 0 Å². The Morgan fingerprint density at radius 1 is 1.41 bits per heavy atom. The second kappa shape index (κ2) is 7.38. The van der Waals surface area contributed by atoms with Gasteiger partial charge in [-0.2, -0.15) is 0 Å². The van der Waals surface area contributed by atoms with Gasteiger partial charge in [-0.05, 0) is 18.4 Å². The van der Waals surface area contributed by atoms with Crippen molar-refractivity contribution >= 4 is 22.5 Å². The van der Waals surface area contributed by atoms with Crippen molar-refractivity contribution < 1.29 is 9.53 Å². The normalized spacial score (nSPS) is 17.4. The molecule has 116 valence electrons. The van der Waals surface area contributed by atoms with E-state index in [0.717, 1.165) is 25.0 Å². The van der Waals surface area contributed by atoms with Crippen LogP contribution in [0.25, 0.3) is 0 Å². The summed E-state index contributed by atoms with van der Waals surface area (Å²) in [5, 5.41) is 5.32. The highest BCUT2D eigenvalue weighted by molar-refractivity contribution is 7.13. The fourth-order valence-corrected chi connectivity index (χ4v) is 3.03. The van der Waals surface area contributed by atoms with Gasteiger partial charge in [-0.3, -0.25) is 5.32 Å². The van der Waals surface area contributed by atoms with Gasteiger partial charge in [-0.1, -0.05) is 30.3 Å². The predicted octanol–water partition coefficient (Wildman–Crippen LogP) is 3.36. The Labute approximate surface area is 133 Å².